The summed E-state index contributed by atoms with van der Waals surface area (Å²) in [5.74, 6) is 1.38. The Hall–Kier alpha value is -2.29. The van der Waals surface area contributed by atoms with Crippen molar-refractivity contribution in [2.45, 2.75) is 12.8 Å². The van der Waals surface area contributed by atoms with Gasteiger partial charge in [-0.1, -0.05) is 30.3 Å². The molecule has 1 aliphatic heterocycles. The first kappa shape index (κ1) is 24.0. The second-order valence-electron chi connectivity index (χ2n) is 7.35. The lowest BCUT2D eigenvalue weighted by Gasteiger charge is -2.19. The Morgan fingerprint density at radius 1 is 1.13 bits per heavy atom. The monoisotopic (exact) mass is 521 g/mol. The molecule has 0 aromatic heterocycles. The van der Waals surface area contributed by atoms with Crippen molar-refractivity contribution < 1.29 is 4.79 Å². The molecule has 0 spiro atoms. The minimum absolute atomic E-state index is 0. The maximum atomic E-state index is 11.8. The summed E-state index contributed by atoms with van der Waals surface area (Å²) >= 11 is 0. The Morgan fingerprint density at radius 3 is 2.67 bits per heavy atom. The second-order valence-corrected chi connectivity index (χ2v) is 7.35. The molecule has 30 heavy (non-hydrogen) atoms. The third kappa shape index (κ3) is 6.90. The summed E-state index contributed by atoms with van der Waals surface area (Å²) in [5.41, 5.74) is 3.12. The number of nitrogens with zero attached hydrogens (tertiary/aromatic N) is 2. The summed E-state index contributed by atoms with van der Waals surface area (Å²) in [6.07, 6.45) is 2.02. The molecule has 1 amide bonds. The number of aliphatic imine (C=N–C) groups is 1. The van der Waals surface area contributed by atoms with Crippen molar-refractivity contribution in [2.75, 3.05) is 45.2 Å². The van der Waals surface area contributed by atoms with Gasteiger partial charge in [0.05, 0.1) is 0 Å². The molecule has 1 heterocycles. The number of guanidine groups is 1. The zero-order valence-electron chi connectivity index (χ0n) is 17.7. The maximum Gasteiger partial charge on any atom is 0.251 e. The van der Waals surface area contributed by atoms with E-state index in [1.807, 2.05) is 24.3 Å². The Balaban J connectivity index is 0.00000320. The number of halogens is 1. The van der Waals surface area contributed by atoms with E-state index in [4.69, 9.17) is 0 Å². The lowest BCUT2D eigenvalue weighted by Crippen LogP contribution is -2.41. The number of hydrogen-bond donors (Lipinski definition) is 3. The number of nitrogens with one attached hydrogen (secondary N) is 3. The van der Waals surface area contributed by atoms with Crippen molar-refractivity contribution in [3.63, 3.8) is 0 Å². The minimum Gasteiger partial charge on any atom is -0.371 e. The first-order chi connectivity index (χ1) is 14.2. The van der Waals surface area contributed by atoms with Crippen LogP contribution in [0.1, 0.15) is 22.3 Å². The van der Waals surface area contributed by atoms with E-state index in [0.29, 0.717) is 11.5 Å². The highest BCUT2D eigenvalue weighted by Crippen LogP contribution is 2.22. The molecule has 3 N–H and O–H groups in total. The van der Waals surface area contributed by atoms with Gasteiger partial charge in [0.25, 0.3) is 5.91 Å². The molecule has 1 saturated heterocycles. The number of para-hydroxylation sites is 1. The molecule has 6 nitrogen and oxygen atoms in total. The van der Waals surface area contributed by atoms with E-state index in [2.05, 4.69) is 56.2 Å². The molecule has 0 aliphatic carbocycles. The summed E-state index contributed by atoms with van der Waals surface area (Å²) < 4.78 is 0. The molecule has 162 valence electrons. The number of benzene rings is 2. The van der Waals surface area contributed by atoms with E-state index in [0.717, 1.165) is 44.1 Å². The summed E-state index contributed by atoms with van der Waals surface area (Å²) in [4.78, 5) is 18.5. The molecule has 1 aliphatic rings. The summed E-state index contributed by atoms with van der Waals surface area (Å²) in [6.45, 7) is 3.84. The van der Waals surface area contributed by atoms with E-state index < -0.39 is 0 Å². The van der Waals surface area contributed by atoms with Gasteiger partial charge < -0.3 is 20.9 Å². The maximum absolute atomic E-state index is 11.8. The molecule has 1 fully saturated rings. The Bertz CT molecular complexity index is 827. The predicted octanol–water partition coefficient (Wildman–Crippen LogP) is 2.90. The first-order valence-corrected chi connectivity index (χ1v) is 10.2. The van der Waals surface area contributed by atoms with Crippen LogP contribution in [0.15, 0.2) is 59.6 Å². The fourth-order valence-corrected chi connectivity index (χ4v) is 3.67. The van der Waals surface area contributed by atoms with Crippen LogP contribution >= 0.6 is 24.0 Å². The molecule has 2 aromatic rings. The number of carbonyl (C=O) groups excluding carboxylic acids is 1. The van der Waals surface area contributed by atoms with Crippen LogP contribution in [0.5, 0.6) is 0 Å². The Labute approximate surface area is 196 Å². The number of carbonyl (C=O) groups is 1. The first-order valence-electron chi connectivity index (χ1n) is 10.2. The van der Waals surface area contributed by atoms with E-state index in [1.165, 1.54) is 12.1 Å². The average Bonchev–Trinajstić information content (AvgIpc) is 3.25. The van der Waals surface area contributed by atoms with Crippen molar-refractivity contribution in [2.24, 2.45) is 10.9 Å². The quantitative estimate of drug-likeness (QED) is 0.298. The third-order valence-electron chi connectivity index (χ3n) is 5.31. The van der Waals surface area contributed by atoms with Crippen LogP contribution in [0, 0.1) is 5.92 Å². The van der Waals surface area contributed by atoms with Gasteiger partial charge in [0, 0.05) is 51.5 Å². The van der Waals surface area contributed by atoms with Crippen LogP contribution in [0.25, 0.3) is 0 Å². The van der Waals surface area contributed by atoms with Crippen molar-refractivity contribution in [1.29, 1.82) is 0 Å². The highest BCUT2D eigenvalue weighted by Gasteiger charge is 2.22. The van der Waals surface area contributed by atoms with Crippen molar-refractivity contribution >= 4 is 41.5 Å². The lowest BCUT2D eigenvalue weighted by molar-refractivity contribution is 0.0963. The van der Waals surface area contributed by atoms with E-state index in [1.54, 1.807) is 14.1 Å². The largest absolute Gasteiger partial charge is 0.371 e. The molecule has 0 radical (unpaired) electrons. The van der Waals surface area contributed by atoms with Crippen LogP contribution < -0.4 is 20.9 Å². The molecule has 1 unspecified atom stereocenters. The zero-order chi connectivity index (χ0) is 20.5. The molecule has 0 saturated carbocycles. The number of anilines is 1. The molecule has 0 bridgehead atoms. The van der Waals surface area contributed by atoms with Gasteiger partial charge in [-0.15, -0.1) is 24.0 Å². The van der Waals surface area contributed by atoms with Crippen LogP contribution in [0.2, 0.25) is 0 Å². The fourth-order valence-electron chi connectivity index (χ4n) is 3.67. The van der Waals surface area contributed by atoms with E-state index in [9.17, 15) is 4.79 Å². The average molecular weight is 521 g/mol. The van der Waals surface area contributed by atoms with Crippen molar-refractivity contribution in [3.8, 4) is 0 Å². The predicted molar refractivity (Wildman–Crippen MR) is 135 cm³/mol. The molecule has 3 rings (SSSR count). The van der Waals surface area contributed by atoms with Gasteiger partial charge in [0.1, 0.15) is 0 Å². The molecular formula is C23H32IN5O. The zero-order valence-corrected chi connectivity index (χ0v) is 20.1. The lowest BCUT2D eigenvalue weighted by atomic mass is 10.1. The van der Waals surface area contributed by atoms with Crippen LogP contribution in [-0.2, 0) is 6.42 Å². The standard InChI is InChI=1S/C23H31N5O.HI/c1-24-22(29)20-8-6-7-18(15-20)11-13-26-23(25-2)27-16-19-12-14-28(17-19)21-9-4-3-5-10-21;/h3-10,15,19H,11-14,16-17H2,1-2H3,(H,24,29)(H2,25,26,27);1H. The van der Waals surface area contributed by atoms with Crippen molar-refractivity contribution in [3.05, 3.63) is 65.7 Å². The Morgan fingerprint density at radius 2 is 1.93 bits per heavy atom. The molecule has 2 aromatic carbocycles. The highest BCUT2D eigenvalue weighted by atomic mass is 127. The van der Waals surface area contributed by atoms with E-state index in [-0.39, 0.29) is 29.9 Å². The van der Waals surface area contributed by atoms with Gasteiger partial charge in [0.15, 0.2) is 5.96 Å². The van der Waals surface area contributed by atoms with Gasteiger partial charge in [-0.2, -0.15) is 0 Å². The van der Waals surface area contributed by atoms with Crippen LogP contribution in [-0.4, -0.2) is 52.1 Å². The number of amides is 1. The topological polar surface area (TPSA) is 68.8 Å². The third-order valence-corrected chi connectivity index (χ3v) is 5.31. The molecule has 7 heteroatoms. The van der Waals surface area contributed by atoms with Crippen molar-refractivity contribution in [1.82, 2.24) is 16.0 Å². The van der Waals surface area contributed by atoms with Gasteiger partial charge in [-0.05, 0) is 48.6 Å². The van der Waals surface area contributed by atoms with Gasteiger partial charge >= 0.3 is 0 Å². The summed E-state index contributed by atoms with van der Waals surface area (Å²) in [6, 6.07) is 18.3. The SMILES string of the molecule is CN=C(NCCc1cccc(C(=O)NC)c1)NCC1CCN(c2ccccc2)C1.I. The fraction of sp³-hybridized carbons (Fsp3) is 0.391. The van der Waals surface area contributed by atoms with Gasteiger partial charge in [-0.25, -0.2) is 0 Å². The van der Waals surface area contributed by atoms with Crippen LogP contribution in [0.4, 0.5) is 5.69 Å². The summed E-state index contributed by atoms with van der Waals surface area (Å²) in [7, 11) is 3.45. The smallest absolute Gasteiger partial charge is 0.251 e. The van der Waals surface area contributed by atoms with Gasteiger partial charge in [-0.3, -0.25) is 9.79 Å². The Kier molecular flexibility index (Phi) is 9.93. The molecular weight excluding hydrogens is 489 g/mol. The number of rotatable bonds is 7. The second kappa shape index (κ2) is 12.4. The highest BCUT2D eigenvalue weighted by molar-refractivity contribution is 14.0. The summed E-state index contributed by atoms with van der Waals surface area (Å²) in [5, 5.41) is 9.49. The number of hydrogen-bond acceptors (Lipinski definition) is 3. The van der Waals surface area contributed by atoms with Crippen LogP contribution in [0.3, 0.4) is 0 Å². The minimum atomic E-state index is -0.0570. The normalized spacial score (nSPS) is 16.0. The van der Waals surface area contributed by atoms with E-state index >= 15 is 0 Å². The van der Waals surface area contributed by atoms with Gasteiger partial charge in [0.2, 0.25) is 0 Å². The molecule has 1 atom stereocenters.